The molecule has 1 aromatic rings. The second kappa shape index (κ2) is 5.79. The molecule has 1 aliphatic carbocycles. The van der Waals surface area contributed by atoms with E-state index in [4.69, 9.17) is 10.6 Å². The number of hydrazine groups is 1. The van der Waals surface area contributed by atoms with E-state index >= 15 is 0 Å². The third kappa shape index (κ3) is 3.54. The van der Waals surface area contributed by atoms with Gasteiger partial charge in [-0.2, -0.15) is 0 Å². The predicted octanol–water partition coefficient (Wildman–Crippen LogP) is 1.09. The molecule has 1 heterocycles. The van der Waals surface area contributed by atoms with E-state index in [1.807, 2.05) is 6.07 Å². The molecule has 0 radical (unpaired) electrons. The van der Waals surface area contributed by atoms with Crippen molar-refractivity contribution in [2.75, 3.05) is 31.0 Å². The first-order chi connectivity index (χ1) is 8.33. The lowest BCUT2D eigenvalue weighted by Gasteiger charge is -2.09. The molecule has 0 amide bonds. The number of nitrogens with two attached hydrogens (primary N) is 1. The number of nitrogens with zero attached hydrogens (tertiary/aromatic N) is 2. The molecule has 1 aliphatic rings. The Hall–Kier alpha value is -1.40. The molecule has 17 heavy (non-hydrogen) atoms. The molecule has 0 aromatic carbocycles. The van der Waals surface area contributed by atoms with E-state index in [1.165, 1.54) is 12.8 Å². The fraction of sp³-hybridized carbons (Fsp3) is 0.636. The summed E-state index contributed by atoms with van der Waals surface area (Å²) in [4.78, 5) is 8.83. The van der Waals surface area contributed by atoms with Crippen LogP contribution >= 0.6 is 0 Å². The van der Waals surface area contributed by atoms with E-state index in [0.29, 0.717) is 11.7 Å². The quantitative estimate of drug-likeness (QED) is 0.374. The standard InChI is InChI=1S/C11H19N5O/c1-17-6-2-5-13-9-7-10(16-12)15-11(14-9)8-3-4-8/h7-8H,2-6,12H2,1H3,(H2,13,14,15,16). The first-order valence-electron chi connectivity index (χ1n) is 5.92. The molecule has 0 atom stereocenters. The fourth-order valence-corrected chi connectivity index (χ4v) is 1.59. The van der Waals surface area contributed by atoms with Gasteiger partial charge in [0.1, 0.15) is 17.5 Å². The Bertz CT molecular complexity index is 367. The van der Waals surface area contributed by atoms with Crippen molar-refractivity contribution in [3.8, 4) is 0 Å². The van der Waals surface area contributed by atoms with Crippen molar-refractivity contribution in [1.29, 1.82) is 0 Å². The highest BCUT2D eigenvalue weighted by Gasteiger charge is 2.27. The van der Waals surface area contributed by atoms with Gasteiger partial charge in [0.05, 0.1) is 0 Å². The van der Waals surface area contributed by atoms with E-state index in [0.717, 1.165) is 31.2 Å². The van der Waals surface area contributed by atoms with Crippen molar-refractivity contribution < 1.29 is 4.74 Å². The molecule has 6 heteroatoms. The van der Waals surface area contributed by atoms with E-state index in [1.54, 1.807) is 7.11 Å². The monoisotopic (exact) mass is 237 g/mol. The third-order valence-corrected chi connectivity index (χ3v) is 2.67. The molecule has 1 saturated carbocycles. The van der Waals surface area contributed by atoms with Gasteiger partial charge in [0.25, 0.3) is 0 Å². The summed E-state index contributed by atoms with van der Waals surface area (Å²) in [5, 5.41) is 3.25. The zero-order valence-corrected chi connectivity index (χ0v) is 10.1. The number of ether oxygens (including phenoxy) is 1. The number of hydrogen-bond acceptors (Lipinski definition) is 6. The summed E-state index contributed by atoms with van der Waals surface area (Å²) < 4.78 is 4.99. The Labute approximate surface area is 101 Å². The molecule has 0 unspecified atom stereocenters. The lowest BCUT2D eigenvalue weighted by molar-refractivity contribution is 0.198. The maximum absolute atomic E-state index is 5.40. The molecule has 1 aromatic heterocycles. The minimum atomic E-state index is 0.517. The van der Waals surface area contributed by atoms with Gasteiger partial charge in [0, 0.05) is 32.2 Å². The molecule has 0 saturated heterocycles. The Morgan fingerprint density at radius 2 is 2.18 bits per heavy atom. The largest absolute Gasteiger partial charge is 0.385 e. The lowest BCUT2D eigenvalue weighted by atomic mass is 10.3. The van der Waals surface area contributed by atoms with Gasteiger partial charge in [0.2, 0.25) is 0 Å². The maximum atomic E-state index is 5.40. The molecule has 0 aliphatic heterocycles. The van der Waals surface area contributed by atoms with E-state index in [-0.39, 0.29) is 0 Å². The minimum absolute atomic E-state index is 0.517. The van der Waals surface area contributed by atoms with Crippen LogP contribution in [0.25, 0.3) is 0 Å². The first-order valence-corrected chi connectivity index (χ1v) is 5.92. The second-order valence-electron chi connectivity index (χ2n) is 4.19. The van der Waals surface area contributed by atoms with Crippen molar-refractivity contribution in [2.24, 2.45) is 5.84 Å². The van der Waals surface area contributed by atoms with Gasteiger partial charge in [-0.15, -0.1) is 0 Å². The highest BCUT2D eigenvalue weighted by molar-refractivity contribution is 5.47. The predicted molar refractivity (Wildman–Crippen MR) is 66.8 cm³/mol. The average Bonchev–Trinajstić information content (AvgIpc) is 3.18. The molecule has 0 bridgehead atoms. The van der Waals surface area contributed by atoms with Gasteiger partial charge in [-0.3, -0.25) is 0 Å². The second-order valence-corrected chi connectivity index (χ2v) is 4.19. The first kappa shape index (κ1) is 12.1. The van der Waals surface area contributed by atoms with Crippen LogP contribution in [0.4, 0.5) is 11.6 Å². The minimum Gasteiger partial charge on any atom is -0.385 e. The van der Waals surface area contributed by atoms with Crippen LogP contribution in [0.1, 0.15) is 31.0 Å². The summed E-state index contributed by atoms with van der Waals surface area (Å²) in [5.41, 5.74) is 2.58. The van der Waals surface area contributed by atoms with Gasteiger partial charge in [-0.05, 0) is 19.3 Å². The summed E-state index contributed by atoms with van der Waals surface area (Å²) in [6, 6.07) is 1.82. The molecular weight excluding hydrogens is 218 g/mol. The Morgan fingerprint density at radius 3 is 2.82 bits per heavy atom. The number of aromatic nitrogens is 2. The maximum Gasteiger partial charge on any atom is 0.145 e. The zero-order chi connectivity index (χ0) is 12.1. The Kier molecular flexibility index (Phi) is 4.11. The van der Waals surface area contributed by atoms with E-state index in [2.05, 4.69) is 20.7 Å². The molecule has 1 fully saturated rings. The van der Waals surface area contributed by atoms with Crippen molar-refractivity contribution in [1.82, 2.24) is 9.97 Å². The van der Waals surface area contributed by atoms with Crippen LogP contribution in [-0.4, -0.2) is 30.2 Å². The summed E-state index contributed by atoms with van der Waals surface area (Å²) in [6.45, 7) is 1.58. The molecule has 2 rings (SSSR count). The van der Waals surface area contributed by atoms with Gasteiger partial charge in [0.15, 0.2) is 0 Å². The third-order valence-electron chi connectivity index (χ3n) is 2.67. The molecule has 4 N–H and O–H groups in total. The number of nitrogen functional groups attached to an aromatic ring is 1. The molecule has 6 nitrogen and oxygen atoms in total. The molecular formula is C11H19N5O. The normalized spacial score (nSPS) is 14.7. The van der Waals surface area contributed by atoms with Crippen LogP contribution in [0.15, 0.2) is 6.07 Å². The van der Waals surface area contributed by atoms with Crippen molar-refractivity contribution in [3.63, 3.8) is 0 Å². The lowest BCUT2D eigenvalue weighted by Crippen LogP contribution is -2.13. The van der Waals surface area contributed by atoms with E-state index in [9.17, 15) is 0 Å². The highest BCUT2D eigenvalue weighted by Crippen LogP contribution is 2.38. The van der Waals surface area contributed by atoms with Crippen LogP contribution in [0, 0.1) is 0 Å². The topological polar surface area (TPSA) is 85.1 Å². The summed E-state index contributed by atoms with van der Waals surface area (Å²) in [7, 11) is 1.70. The summed E-state index contributed by atoms with van der Waals surface area (Å²) >= 11 is 0. The van der Waals surface area contributed by atoms with Gasteiger partial charge >= 0.3 is 0 Å². The number of anilines is 2. The number of methoxy groups -OCH3 is 1. The highest BCUT2D eigenvalue weighted by atomic mass is 16.5. The van der Waals surface area contributed by atoms with Gasteiger partial charge in [-0.1, -0.05) is 0 Å². The van der Waals surface area contributed by atoms with Crippen LogP contribution in [-0.2, 0) is 4.74 Å². The van der Waals surface area contributed by atoms with E-state index < -0.39 is 0 Å². The van der Waals surface area contributed by atoms with Crippen LogP contribution in [0.5, 0.6) is 0 Å². The van der Waals surface area contributed by atoms with Gasteiger partial charge in [-0.25, -0.2) is 15.8 Å². The summed E-state index contributed by atoms with van der Waals surface area (Å²) in [6.07, 6.45) is 3.30. The van der Waals surface area contributed by atoms with Crippen LogP contribution in [0.3, 0.4) is 0 Å². The Morgan fingerprint density at radius 1 is 1.41 bits per heavy atom. The SMILES string of the molecule is COCCCNc1cc(NN)nc(C2CC2)n1. The number of rotatable bonds is 7. The van der Waals surface area contributed by atoms with Crippen LogP contribution < -0.4 is 16.6 Å². The number of nitrogens with one attached hydrogen (secondary N) is 2. The average molecular weight is 237 g/mol. The molecule has 0 spiro atoms. The summed E-state index contributed by atoms with van der Waals surface area (Å²) in [5.74, 6) is 8.28. The van der Waals surface area contributed by atoms with Crippen molar-refractivity contribution >= 4 is 11.6 Å². The van der Waals surface area contributed by atoms with Gasteiger partial charge < -0.3 is 15.5 Å². The van der Waals surface area contributed by atoms with Crippen molar-refractivity contribution in [2.45, 2.75) is 25.2 Å². The van der Waals surface area contributed by atoms with Crippen LogP contribution in [0.2, 0.25) is 0 Å². The smallest absolute Gasteiger partial charge is 0.145 e. The number of hydrogen-bond donors (Lipinski definition) is 3. The molecule has 94 valence electrons. The van der Waals surface area contributed by atoms with Crippen molar-refractivity contribution in [3.05, 3.63) is 11.9 Å². The zero-order valence-electron chi connectivity index (χ0n) is 10.1. The fourth-order valence-electron chi connectivity index (χ4n) is 1.59. The Balaban J connectivity index is 1.97.